The Morgan fingerprint density at radius 2 is 1.46 bits per heavy atom. The van der Waals surface area contributed by atoms with Crippen LogP contribution in [-0.4, -0.2) is 90.0 Å². The normalized spacial score (nSPS) is 24.3. The molecule has 50 heavy (non-hydrogen) atoms. The second-order valence-corrected chi connectivity index (χ2v) is 13.4. The lowest BCUT2D eigenvalue weighted by molar-refractivity contribution is -0.142. The summed E-state index contributed by atoms with van der Waals surface area (Å²) in [5.74, 6) is -4.12. The van der Waals surface area contributed by atoms with Gasteiger partial charge in [-0.25, -0.2) is 4.79 Å². The van der Waals surface area contributed by atoms with Crippen molar-refractivity contribution in [2.24, 2.45) is 23.1 Å². The lowest BCUT2D eigenvalue weighted by Gasteiger charge is -2.31. The molecule has 3 rings (SSSR count). The quantitative estimate of drug-likeness (QED) is 0.0950. The van der Waals surface area contributed by atoms with E-state index in [4.69, 9.17) is 17.2 Å². The molecule has 2 heterocycles. The maximum absolute atomic E-state index is 14.5. The molecule has 2 aliphatic rings. The van der Waals surface area contributed by atoms with Gasteiger partial charge in [-0.3, -0.25) is 28.9 Å². The molecule has 0 aromatic heterocycles. The average molecular weight is 699 g/mol. The number of hydrogen-bond acceptors (Lipinski definition) is 9. The van der Waals surface area contributed by atoms with Crippen molar-refractivity contribution in [1.82, 2.24) is 21.3 Å². The molecule has 5 amide bonds. The molecule has 1 aromatic rings. The number of carboxylic acid groups (broad SMARTS) is 1. The zero-order valence-corrected chi connectivity index (χ0v) is 29.1. The van der Waals surface area contributed by atoms with Crippen LogP contribution in [0.5, 0.6) is 0 Å². The van der Waals surface area contributed by atoms with Crippen molar-refractivity contribution in [3.8, 4) is 0 Å². The summed E-state index contributed by atoms with van der Waals surface area (Å²) in [6, 6.07) is 0.583. The Morgan fingerprint density at radius 1 is 0.880 bits per heavy atom. The highest BCUT2D eigenvalue weighted by Crippen LogP contribution is 2.33. The molecule has 6 atom stereocenters. The summed E-state index contributed by atoms with van der Waals surface area (Å²) in [6.07, 6.45) is 6.50. The Kier molecular flexibility index (Phi) is 15.8. The number of aliphatic carboxylic acids is 1. The fourth-order valence-electron chi connectivity index (χ4n) is 6.15. The average Bonchev–Trinajstić information content (AvgIpc) is 3.47. The number of nitrogens with zero attached hydrogens (tertiary/aromatic N) is 1. The molecule has 0 aliphatic carbocycles. The topological polar surface area (TPSA) is 252 Å². The molecule has 0 saturated carbocycles. The maximum Gasteiger partial charge on any atom is 0.326 e. The van der Waals surface area contributed by atoms with Crippen LogP contribution in [0, 0.1) is 5.92 Å². The highest BCUT2D eigenvalue weighted by Gasteiger charge is 2.42. The Morgan fingerprint density at radius 3 is 2.06 bits per heavy atom. The predicted molar refractivity (Wildman–Crippen MR) is 188 cm³/mol. The van der Waals surface area contributed by atoms with Gasteiger partial charge in [0.15, 0.2) is 0 Å². The van der Waals surface area contributed by atoms with Crippen LogP contribution in [0.15, 0.2) is 36.4 Å². The van der Waals surface area contributed by atoms with Crippen LogP contribution in [0.4, 0.5) is 5.69 Å². The molecule has 11 N–H and O–H groups in total. The zero-order valence-electron chi connectivity index (χ0n) is 29.1. The van der Waals surface area contributed by atoms with Crippen molar-refractivity contribution in [3.63, 3.8) is 0 Å². The monoisotopic (exact) mass is 698 g/mol. The number of benzene rings is 1. The van der Waals surface area contributed by atoms with Gasteiger partial charge in [0.2, 0.25) is 23.6 Å². The Balaban J connectivity index is 1.98. The van der Waals surface area contributed by atoms with Gasteiger partial charge in [0.05, 0.1) is 6.04 Å². The number of nitrogens with two attached hydrogens (primary N) is 3. The number of carbonyl (C=O) groups is 6. The van der Waals surface area contributed by atoms with Crippen molar-refractivity contribution >= 4 is 41.2 Å². The van der Waals surface area contributed by atoms with Crippen LogP contribution >= 0.6 is 0 Å². The molecule has 0 bridgehead atoms. The number of carbonyl (C=O) groups excluding carboxylic acids is 5. The van der Waals surface area contributed by atoms with Crippen LogP contribution in [0.1, 0.15) is 77.2 Å². The molecule has 15 heteroatoms. The van der Waals surface area contributed by atoms with Crippen molar-refractivity contribution in [3.05, 3.63) is 42.0 Å². The Hall–Kier alpha value is -4.34. The largest absolute Gasteiger partial charge is 0.480 e. The van der Waals surface area contributed by atoms with Gasteiger partial charge in [-0.2, -0.15) is 0 Å². The standard InChI is InChI=1S/C35H54N8O7/c1-21(2)19-27(35(49)50)42-33(47)29-20-22-11-3-6-16-28(22)43(29)34(48)26-15-5-4-12-23(38)30(44)39-24(13-7-9-17-36)31(45)40-25(32(46)41-26)14-8-10-18-37/h3-6,11,16,21,23-27,29H,7-10,12-15,17-20,36-38H2,1-2H3,(H,39,44)(H,40,45)(H,41,46)(H,42,47)(H,49,50)/b5-4+/t23-,24-,25-,26-,27-,29-/m0/s1. The molecule has 0 spiro atoms. The summed E-state index contributed by atoms with van der Waals surface area (Å²) in [5, 5.41) is 20.7. The Labute approximate surface area is 293 Å². The molecule has 276 valence electrons. The summed E-state index contributed by atoms with van der Waals surface area (Å²) in [5.41, 5.74) is 18.7. The van der Waals surface area contributed by atoms with E-state index >= 15 is 0 Å². The fourth-order valence-corrected chi connectivity index (χ4v) is 6.15. The smallest absolute Gasteiger partial charge is 0.326 e. The predicted octanol–water partition coefficient (Wildman–Crippen LogP) is -0.0505. The zero-order chi connectivity index (χ0) is 36.8. The van der Waals surface area contributed by atoms with Crippen molar-refractivity contribution in [1.29, 1.82) is 0 Å². The van der Waals surface area contributed by atoms with Crippen LogP contribution in [-0.2, 0) is 35.2 Å². The van der Waals surface area contributed by atoms with E-state index in [1.807, 2.05) is 13.8 Å². The van der Waals surface area contributed by atoms with Crippen molar-refractivity contribution < 1.29 is 33.9 Å². The lowest BCUT2D eigenvalue weighted by atomic mass is 10.0. The third kappa shape index (κ3) is 11.4. The molecule has 15 nitrogen and oxygen atoms in total. The first-order valence-corrected chi connectivity index (χ1v) is 17.5. The van der Waals surface area contributed by atoms with E-state index in [2.05, 4.69) is 21.3 Å². The fraction of sp³-hybridized carbons (Fsp3) is 0.600. The minimum absolute atomic E-state index is 0.0117. The molecular formula is C35H54N8O7. The van der Waals surface area contributed by atoms with E-state index in [0.717, 1.165) is 0 Å². The number of anilines is 1. The minimum Gasteiger partial charge on any atom is -0.480 e. The first kappa shape index (κ1) is 40.1. The van der Waals surface area contributed by atoms with E-state index in [1.165, 1.54) is 4.90 Å². The van der Waals surface area contributed by atoms with E-state index in [0.29, 0.717) is 50.0 Å². The minimum atomic E-state index is -1.19. The molecule has 1 aromatic carbocycles. The maximum atomic E-state index is 14.5. The highest BCUT2D eigenvalue weighted by atomic mass is 16.4. The van der Waals surface area contributed by atoms with E-state index in [-0.39, 0.29) is 44.4 Å². The number of fused-ring (bicyclic) bond motifs is 1. The van der Waals surface area contributed by atoms with Gasteiger partial charge in [0.25, 0.3) is 5.91 Å². The van der Waals surface area contributed by atoms with Gasteiger partial charge in [-0.05, 0) is 88.4 Å². The van der Waals surface area contributed by atoms with E-state index in [9.17, 15) is 33.9 Å². The van der Waals surface area contributed by atoms with Crippen molar-refractivity contribution in [2.45, 2.75) is 114 Å². The molecule has 0 saturated heterocycles. The second-order valence-electron chi connectivity index (χ2n) is 13.4. The van der Waals surface area contributed by atoms with Gasteiger partial charge in [0, 0.05) is 12.1 Å². The molecule has 2 aliphatic heterocycles. The lowest BCUT2D eigenvalue weighted by Crippen LogP contribution is -2.59. The number of para-hydroxylation sites is 1. The number of amides is 5. The molecule has 0 fully saturated rings. The van der Waals surface area contributed by atoms with Crippen LogP contribution < -0.4 is 43.4 Å². The molecular weight excluding hydrogens is 644 g/mol. The van der Waals surface area contributed by atoms with Gasteiger partial charge >= 0.3 is 5.97 Å². The third-order valence-electron chi connectivity index (χ3n) is 8.88. The number of unbranched alkanes of at least 4 members (excludes halogenated alkanes) is 2. The second kappa shape index (κ2) is 19.7. The number of carboxylic acids is 1. The van der Waals surface area contributed by atoms with Crippen LogP contribution in [0.3, 0.4) is 0 Å². The number of rotatable bonds is 14. The van der Waals surface area contributed by atoms with Gasteiger partial charge in [-0.15, -0.1) is 0 Å². The van der Waals surface area contributed by atoms with Crippen LogP contribution in [0.2, 0.25) is 0 Å². The van der Waals surface area contributed by atoms with Gasteiger partial charge < -0.3 is 43.6 Å². The molecule has 0 radical (unpaired) electrons. The SMILES string of the molecule is CC(C)C[C@H](NC(=O)[C@@H]1Cc2ccccc2N1C(=O)[C@@H]1C/C=C/C[C@H](N)C(=O)N[C@@H](CCCCN)C(=O)N[C@@H](CCCCN)C(=O)N1)C(=O)O. The van der Waals surface area contributed by atoms with Gasteiger partial charge in [0.1, 0.15) is 30.2 Å². The number of hydrogen-bond donors (Lipinski definition) is 8. The summed E-state index contributed by atoms with van der Waals surface area (Å²) in [4.78, 5) is 81.9. The van der Waals surface area contributed by atoms with Crippen molar-refractivity contribution in [2.75, 3.05) is 18.0 Å². The summed E-state index contributed by atoms with van der Waals surface area (Å²) in [7, 11) is 0. The first-order chi connectivity index (χ1) is 23.9. The first-order valence-electron chi connectivity index (χ1n) is 17.5. The van der Waals surface area contributed by atoms with Gasteiger partial charge in [-0.1, -0.05) is 44.2 Å². The summed E-state index contributed by atoms with van der Waals surface area (Å²) < 4.78 is 0. The summed E-state index contributed by atoms with van der Waals surface area (Å²) in [6.45, 7) is 4.48. The Bertz CT molecular complexity index is 1390. The number of nitrogens with one attached hydrogen (secondary N) is 4. The van der Waals surface area contributed by atoms with E-state index in [1.54, 1.807) is 36.4 Å². The van der Waals surface area contributed by atoms with Crippen LogP contribution in [0.25, 0.3) is 0 Å². The van der Waals surface area contributed by atoms with E-state index < -0.39 is 71.8 Å². The molecule has 0 unspecified atom stereocenters. The summed E-state index contributed by atoms with van der Waals surface area (Å²) >= 11 is 0. The highest BCUT2D eigenvalue weighted by molar-refractivity contribution is 6.07. The third-order valence-corrected chi connectivity index (χ3v) is 8.88.